The third-order valence-electron chi connectivity index (χ3n) is 4.74. The van der Waals surface area contributed by atoms with Crippen molar-refractivity contribution in [2.24, 2.45) is 0 Å². The van der Waals surface area contributed by atoms with E-state index < -0.39 is 0 Å². The Labute approximate surface area is 169 Å². The summed E-state index contributed by atoms with van der Waals surface area (Å²) in [6.45, 7) is 1.48. The Bertz CT molecular complexity index is 1150. The van der Waals surface area contributed by atoms with E-state index in [1.54, 1.807) is 7.11 Å². The summed E-state index contributed by atoms with van der Waals surface area (Å²) in [4.78, 5) is 23.8. The van der Waals surface area contributed by atoms with Gasteiger partial charge in [0.2, 0.25) is 5.91 Å². The van der Waals surface area contributed by atoms with Gasteiger partial charge in [0.05, 0.1) is 7.11 Å². The Morgan fingerprint density at radius 1 is 1.00 bits per heavy atom. The maximum Gasteiger partial charge on any atom is 0.256 e. The first-order valence-electron chi connectivity index (χ1n) is 9.23. The summed E-state index contributed by atoms with van der Waals surface area (Å²) in [6, 6.07) is 21.0. The molecule has 1 aliphatic heterocycles. The number of fused-ring (bicyclic) bond motifs is 1. The van der Waals surface area contributed by atoms with Crippen LogP contribution in [0.3, 0.4) is 0 Å². The lowest BCUT2D eigenvalue weighted by Gasteiger charge is -2.12. The van der Waals surface area contributed by atoms with Gasteiger partial charge in [-0.15, -0.1) is 0 Å². The number of anilines is 2. The van der Waals surface area contributed by atoms with Crippen molar-refractivity contribution in [2.75, 3.05) is 17.7 Å². The highest BCUT2D eigenvalue weighted by atomic mass is 16.5. The van der Waals surface area contributed by atoms with Gasteiger partial charge in [-0.05, 0) is 47.5 Å². The van der Waals surface area contributed by atoms with Crippen molar-refractivity contribution >= 4 is 34.8 Å². The SMILES string of the molecule is COc1ccc(/C=C2/C(=O)Nc3ccccc32)cc1-c1cccc(NC(C)=O)c1. The number of hydrogen-bond donors (Lipinski definition) is 2. The van der Waals surface area contributed by atoms with Gasteiger partial charge in [-0.3, -0.25) is 9.59 Å². The van der Waals surface area contributed by atoms with Crippen molar-refractivity contribution in [2.45, 2.75) is 6.92 Å². The standard InChI is InChI=1S/C24H20N2O3/c1-15(27)25-18-7-5-6-17(14-18)20-12-16(10-11-23(20)29-2)13-21-19-8-3-4-9-22(19)26-24(21)28/h3-14H,1-2H3,(H,25,27)(H,26,28)/b21-13+. The molecule has 0 aromatic heterocycles. The first-order valence-corrected chi connectivity index (χ1v) is 9.23. The van der Waals surface area contributed by atoms with E-state index in [2.05, 4.69) is 10.6 Å². The molecule has 0 atom stereocenters. The van der Waals surface area contributed by atoms with Crippen molar-refractivity contribution < 1.29 is 14.3 Å². The van der Waals surface area contributed by atoms with E-state index in [0.717, 1.165) is 27.9 Å². The fourth-order valence-electron chi connectivity index (χ4n) is 3.46. The molecule has 0 spiro atoms. The number of benzene rings is 3. The second-order valence-electron chi connectivity index (χ2n) is 6.78. The van der Waals surface area contributed by atoms with Crippen molar-refractivity contribution in [1.82, 2.24) is 0 Å². The molecule has 5 nitrogen and oxygen atoms in total. The van der Waals surface area contributed by atoms with Crippen molar-refractivity contribution in [3.63, 3.8) is 0 Å². The number of para-hydroxylation sites is 1. The van der Waals surface area contributed by atoms with Crippen LogP contribution in [0.25, 0.3) is 22.8 Å². The Morgan fingerprint density at radius 2 is 1.83 bits per heavy atom. The fraction of sp³-hybridized carbons (Fsp3) is 0.0833. The van der Waals surface area contributed by atoms with Crippen LogP contribution < -0.4 is 15.4 Å². The molecule has 4 rings (SSSR count). The minimum Gasteiger partial charge on any atom is -0.496 e. The van der Waals surface area contributed by atoms with Gasteiger partial charge >= 0.3 is 0 Å². The van der Waals surface area contributed by atoms with Gasteiger partial charge in [0.25, 0.3) is 5.91 Å². The monoisotopic (exact) mass is 384 g/mol. The molecular weight excluding hydrogens is 364 g/mol. The van der Waals surface area contributed by atoms with E-state index >= 15 is 0 Å². The largest absolute Gasteiger partial charge is 0.496 e. The molecule has 144 valence electrons. The second-order valence-corrected chi connectivity index (χ2v) is 6.78. The molecule has 5 heteroatoms. The van der Waals surface area contributed by atoms with E-state index in [0.29, 0.717) is 17.0 Å². The van der Waals surface area contributed by atoms with Gasteiger partial charge in [-0.2, -0.15) is 0 Å². The fourth-order valence-corrected chi connectivity index (χ4v) is 3.46. The number of rotatable bonds is 4. The number of nitrogens with one attached hydrogen (secondary N) is 2. The molecule has 1 heterocycles. The average molecular weight is 384 g/mol. The number of methoxy groups -OCH3 is 1. The number of carbonyl (C=O) groups is 2. The number of ether oxygens (including phenoxy) is 1. The van der Waals surface area contributed by atoms with Crippen molar-refractivity contribution in [3.8, 4) is 16.9 Å². The lowest BCUT2D eigenvalue weighted by Crippen LogP contribution is -2.05. The highest BCUT2D eigenvalue weighted by molar-refractivity contribution is 6.34. The Hall–Kier alpha value is -3.86. The van der Waals surface area contributed by atoms with Crippen molar-refractivity contribution in [3.05, 3.63) is 77.9 Å². The maximum atomic E-state index is 12.4. The van der Waals surface area contributed by atoms with Crippen LogP contribution in [0.1, 0.15) is 18.1 Å². The molecule has 1 aliphatic rings. The van der Waals surface area contributed by atoms with E-state index in [1.165, 1.54) is 6.92 Å². The van der Waals surface area contributed by atoms with Crippen LogP contribution in [0.2, 0.25) is 0 Å². The van der Waals surface area contributed by atoms with E-state index in [9.17, 15) is 9.59 Å². The summed E-state index contributed by atoms with van der Waals surface area (Å²) in [5, 5.41) is 5.69. The third-order valence-corrected chi connectivity index (χ3v) is 4.74. The highest BCUT2D eigenvalue weighted by Gasteiger charge is 2.23. The molecule has 3 aromatic carbocycles. The molecule has 29 heavy (non-hydrogen) atoms. The molecule has 0 bridgehead atoms. The lowest BCUT2D eigenvalue weighted by molar-refractivity contribution is -0.114. The van der Waals surface area contributed by atoms with Gasteiger partial charge in [-0.25, -0.2) is 0 Å². The molecular formula is C24H20N2O3. The van der Waals surface area contributed by atoms with Gasteiger partial charge < -0.3 is 15.4 Å². The Balaban J connectivity index is 1.77. The Morgan fingerprint density at radius 3 is 2.62 bits per heavy atom. The summed E-state index contributed by atoms with van der Waals surface area (Å²) in [5.41, 5.74) is 5.72. The van der Waals surface area contributed by atoms with E-state index in [1.807, 2.05) is 72.8 Å². The zero-order chi connectivity index (χ0) is 20.4. The second kappa shape index (κ2) is 7.64. The van der Waals surface area contributed by atoms with Gasteiger partial charge in [-0.1, -0.05) is 36.4 Å². The zero-order valence-corrected chi connectivity index (χ0v) is 16.2. The zero-order valence-electron chi connectivity index (χ0n) is 16.2. The predicted molar refractivity (Wildman–Crippen MR) is 116 cm³/mol. The van der Waals surface area contributed by atoms with Gasteiger partial charge in [0.15, 0.2) is 0 Å². The number of amides is 2. The van der Waals surface area contributed by atoms with E-state index in [4.69, 9.17) is 4.74 Å². The topological polar surface area (TPSA) is 67.4 Å². The van der Waals surface area contributed by atoms with Crippen LogP contribution in [-0.2, 0) is 9.59 Å². The molecule has 2 amide bonds. The molecule has 0 fully saturated rings. The minimum absolute atomic E-state index is 0.115. The van der Waals surface area contributed by atoms with Crippen LogP contribution in [0, 0.1) is 0 Å². The summed E-state index contributed by atoms with van der Waals surface area (Å²) in [5.74, 6) is 0.470. The van der Waals surface area contributed by atoms with Crippen LogP contribution in [0.15, 0.2) is 66.7 Å². The first-order chi connectivity index (χ1) is 14.0. The summed E-state index contributed by atoms with van der Waals surface area (Å²) in [7, 11) is 1.62. The molecule has 0 saturated heterocycles. The Kier molecular flexibility index (Phi) is 4.87. The van der Waals surface area contributed by atoms with Crippen LogP contribution in [0.4, 0.5) is 11.4 Å². The van der Waals surface area contributed by atoms with Gasteiger partial charge in [0, 0.05) is 35.0 Å². The molecule has 0 aliphatic carbocycles. The molecule has 2 N–H and O–H groups in total. The number of hydrogen-bond acceptors (Lipinski definition) is 3. The van der Waals surface area contributed by atoms with Crippen molar-refractivity contribution in [1.29, 1.82) is 0 Å². The molecule has 3 aromatic rings. The third kappa shape index (κ3) is 3.75. The normalized spacial score (nSPS) is 13.7. The van der Waals surface area contributed by atoms with Gasteiger partial charge in [0.1, 0.15) is 5.75 Å². The van der Waals surface area contributed by atoms with Crippen LogP contribution in [-0.4, -0.2) is 18.9 Å². The van der Waals surface area contributed by atoms with Crippen LogP contribution in [0.5, 0.6) is 5.75 Å². The summed E-state index contributed by atoms with van der Waals surface area (Å²) in [6.07, 6.45) is 1.88. The maximum absolute atomic E-state index is 12.4. The van der Waals surface area contributed by atoms with Crippen LogP contribution >= 0.6 is 0 Å². The lowest BCUT2D eigenvalue weighted by atomic mass is 9.98. The van der Waals surface area contributed by atoms with E-state index in [-0.39, 0.29) is 11.8 Å². The molecule has 0 radical (unpaired) electrons. The smallest absolute Gasteiger partial charge is 0.256 e. The first kappa shape index (κ1) is 18.5. The molecule has 0 saturated carbocycles. The minimum atomic E-state index is -0.126. The summed E-state index contributed by atoms with van der Waals surface area (Å²) < 4.78 is 5.54. The number of carbonyl (C=O) groups excluding carboxylic acids is 2. The summed E-state index contributed by atoms with van der Waals surface area (Å²) >= 11 is 0. The predicted octanol–water partition coefficient (Wildman–Crippen LogP) is 4.81. The quantitative estimate of drug-likeness (QED) is 0.634. The highest BCUT2D eigenvalue weighted by Crippen LogP contribution is 2.36. The molecule has 0 unspecified atom stereocenters. The average Bonchev–Trinajstić information content (AvgIpc) is 3.03.